The van der Waals surface area contributed by atoms with Crippen molar-refractivity contribution >= 4 is 23.2 Å². The Hall–Kier alpha value is -2.42. The molecule has 0 aliphatic carbocycles. The van der Waals surface area contributed by atoms with Crippen molar-refractivity contribution in [3.63, 3.8) is 0 Å². The summed E-state index contributed by atoms with van der Waals surface area (Å²) in [7, 11) is 3.28. The molecule has 0 saturated heterocycles. The molecule has 160 valence electrons. The molecule has 3 rings (SSSR count). The van der Waals surface area contributed by atoms with Crippen LogP contribution in [0.1, 0.15) is 11.4 Å². The quantitative estimate of drug-likeness (QED) is 0.462. The Morgan fingerprint density at radius 2 is 1.87 bits per heavy atom. The Morgan fingerprint density at radius 1 is 1.10 bits per heavy atom. The minimum Gasteiger partial charge on any atom is -0.493 e. The second-order valence-electron chi connectivity index (χ2n) is 6.63. The molecular weight excluding hydrogens is 437 g/mol. The van der Waals surface area contributed by atoms with E-state index >= 15 is 0 Å². The Labute approximate surface area is 182 Å². The smallest absolute Gasteiger partial charge is 0.387 e. The first-order valence-electron chi connectivity index (χ1n) is 8.94. The number of hydrogen-bond acceptors (Lipinski definition) is 5. The summed E-state index contributed by atoms with van der Waals surface area (Å²) in [6.07, 6.45) is 0. The summed E-state index contributed by atoms with van der Waals surface area (Å²) in [5.74, 6) is 1.50. The maximum atomic E-state index is 12.7. The van der Waals surface area contributed by atoms with Gasteiger partial charge in [-0.1, -0.05) is 29.3 Å². The lowest BCUT2D eigenvalue weighted by Crippen LogP contribution is -2.23. The van der Waals surface area contributed by atoms with E-state index in [2.05, 4.69) is 14.8 Å². The average molecular weight is 457 g/mol. The molecule has 0 spiro atoms. The van der Waals surface area contributed by atoms with E-state index < -0.39 is 6.61 Å². The molecule has 1 heterocycles. The van der Waals surface area contributed by atoms with Gasteiger partial charge in [-0.25, -0.2) is 9.67 Å². The van der Waals surface area contributed by atoms with Crippen molar-refractivity contribution in [1.29, 1.82) is 0 Å². The Kier molecular flexibility index (Phi) is 7.12. The molecule has 0 unspecified atom stereocenters. The van der Waals surface area contributed by atoms with Gasteiger partial charge in [-0.3, -0.25) is 4.90 Å². The molecule has 6 nitrogen and oxygen atoms in total. The molecular formula is C20H20Cl2F2N4O2. The van der Waals surface area contributed by atoms with E-state index in [-0.39, 0.29) is 11.5 Å². The molecule has 3 aromatic rings. The molecule has 1 aromatic heterocycles. The van der Waals surface area contributed by atoms with E-state index in [0.29, 0.717) is 34.9 Å². The summed E-state index contributed by atoms with van der Waals surface area (Å²) < 4.78 is 36.7. The largest absolute Gasteiger partial charge is 0.493 e. The van der Waals surface area contributed by atoms with E-state index in [1.54, 1.807) is 35.9 Å². The number of aryl methyl sites for hydroxylation is 1. The van der Waals surface area contributed by atoms with Gasteiger partial charge in [0.25, 0.3) is 0 Å². The lowest BCUT2D eigenvalue weighted by atomic mass is 10.2. The van der Waals surface area contributed by atoms with E-state index in [1.165, 1.54) is 13.2 Å². The van der Waals surface area contributed by atoms with Crippen LogP contribution in [-0.4, -0.2) is 40.4 Å². The van der Waals surface area contributed by atoms with Crippen LogP contribution in [0.25, 0.3) is 11.4 Å². The van der Waals surface area contributed by atoms with Gasteiger partial charge >= 0.3 is 6.61 Å². The summed E-state index contributed by atoms with van der Waals surface area (Å²) in [5.41, 5.74) is 1.57. The summed E-state index contributed by atoms with van der Waals surface area (Å²) in [6.45, 7) is -0.259. The molecule has 0 bridgehead atoms. The molecule has 0 aliphatic heterocycles. The third-order valence-electron chi connectivity index (χ3n) is 4.23. The molecule has 0 atom stereocenters. The SMILES string of the molecule is COc1ccc(CN(C)Cn2nc(C)nc2-c2ccc(Cl)c(Cl)c2)cc1OC(F)F. The normalized spacial score (nSPS) is 11.4. The van der Waals surface area contributed by atoms with Crippen molar-refractivity contribution in [3.05, 3.63) is 57.8 Å². The van der Waals surface area contributed by atoms with Crippen LogP contribution in [0.3, 0.4) is 0 Å². The van der Waals surface area contributed by atoms with Crippen molar-refractivity contribution in [2.45, 2.75) is 26.7 Å². The fraction of sp³-hybridized carbons (Fsp3) is 0.300. The number of aromatic nitrogens is 3. The third kappa shape index (κ3) is 5.38. The fourth-order valence-corrected chi connectivity index (χ4v) is 3.30. The summed E-state index contributed by atoms with van der Waals surface area (Å²) in [6, 6.07) is 10.2. The highest BCUT2D eigenvalue weighted by atomic mass is 35.5. The lowest BCUT2D eigenvalue weighted by molar-refractivity contribution is -0.0512. The van der Waals surface area contributed by atoms with Gasteiger partial charge in [0.2, 0.25) is 0 Å². The summed E-state index contributed by atoms with van der Waals surface area (Å²) in [5, 5.41) is 5.34. The Bertz CT molecular complexity index is 1030. The summed E-state index contributed by atoms with van der Waals surface area (Å²) in [4.78, 5) is 6.45. The monoisotopic (exact) mass is 456 g/mol. The minimum absolute atomic E-state index is 0.00787. The van der Waals surface area contributed by atoms with Crippen molar-refractivity contribution in [2.24, 2.45) is 0 Å². The zero-order valence-electron chi connectivity index (χ0n) is 16.6. The standard InChI is InChI=1S/C20H20Cl2F2N4O2/c1-12-25-19(14-5-6-15(21)16(22)9-14)28(26-12)11-27(2)10-13-4-7-17(29-3)18(8-13)30-20(23)24/h4-9,20H,10-11H2,1-3H3. The number of halogens is 4. The van der Waals surface area contributed by atoms with Crippen LogP contribution < -0.4 is 9.47 Å². The van der Waals surface area contributed by atoms with Gasteiger partial charge < -0.3 is 9.47 Å². The molecule has 30 heavy (non-hydrogen) atoms. The maximum absolute atomic E-state index is 12.7. The molecule has 0 saturated carbocycles. The van der Waals surface area contributed by atoms with Crippen molar-refractivity contribution in [2.75, 3.05) is 14.2 Å². The van der Waals surface area contributed by atoms with Gasteiger partial charge in [0, 0.05) is 12.1 Å². The molecule has 10 heteroatoms. The maximum Gasteiger partial charge on any atom is 0.387 e. The molecule has 0 aliphatic rings. The zero-order chi connectivity index (χ0) is 21.8. The van der Waals surface area contributed by atoms with Crippen LogP contribution in [0, 0.1) is 6.92 Å². The van der Waals surface area contributed by atoms with E-state index in [9.17, 15) is 8.78 Å². The number of hydrogen-bond donors (Lipinski definition) is 0. The number of benzene rings is 2. The van der Waals surface area contributed by atoms with Crippen molar-refractivity contribution in [3.8, 4) is 22.9 Å². The van der Waals surface area contributed by atoms with Crippen LogP contribution in [0.2, 0.25) is 10.0 Å². The number of alkyl halides is 2. The van der Waals surface area contributed by atoms with Crippen molar-refractivity contribution in [1.82, 2.24) is 19.7 Å². The number of methoxy groups -OCH3 is 1. The Morgan fingerprint density at radius 3 is 2.53 bits per heavy atom. The van der Waals surface area contributed by atoms with Crippen LogP contribution in [0.15, 0.2) is 36.4 Å². The van der Waals surface area contributed by atoms with E-state index in [0.717, 1.165) is 11.1 Å². The van der Waals surface area contributed by atoms with Crippen LogP contribution >= 0.6 is 23.2 Å². The summed E-state index contributed by atoms with van der Waals surface area (Å²) >= 11 is 12.1. The molecule has 0 fully saturated rings. The van der Waals surface area contributed by atoms with Crippen LogP contribution in [0.4, 0.5) is 8.78 Å². The topological polar surface area (TPSA) is 52.4 Å². The molecule has 0 amide bonds. The Balaban J connectivity index is 1.78. The predicted octanol–water partition coefficient (Wildman–Crippen LogP) is 5.26. The second-order valence-corrected chi connectivity index (χ2v) is 7.44. The van der Waals surface area contributed by atoms with E-state index in [1.807, 2.05) is 18.0 Å². The van der Waals surface area contributed by atoms with Gasteiger partial charge in [0.05, 0.1) is 23.8 Å². The number of ether oxygens (including phenoxy) is 2. The van der Waals surface area contributed by atoms with Crippen LogP contribution in [0.5, 0.6) is 11.5 Å². The lowest BCUT2D eigenvalue weighted by Gasteiger charge is -2.19. The highest BCUT2D eigenvalue weighted by Gasteiger charge is 2.15. The van der Waals surface area contributed by atoms with Gasteiger partial charge in [-0.15, -0.1) is 0 Å². The fourth-order valence-electron chi connectivity index (χ4n) is 3.00. The van der Waals surface area contributed by atoms with Crippen LogP contribution in [-0.2, 0) is 13.2 Å². The highest BCUT2D eigenvalue weighted by Crippen LogP contribution is 2.30. The third-order valence-corrected chi connectivity index (χ3v) is 4.97. The first-order valence-corrected chi connectivity index (χ1v) is 9.69. The van der Waals surface area contributed by atoms with Gasteiger partial charge in [-0.2, -0.15) is 13.9 Å². The highest BCUT2D eigenvalue weighted by molar-refractivity contribution is 6.42. The van der Waals surface area contributed by atoms with Gasteiger partial charge in [0.15, 0.2) is 17.3 Å². The van der Waals surface area contributed by atoms with Crippen molar-refractivity contribution < 1.29 is 18.3 Å². The second kappa shape index (κ2) is 9.59. The first kappa shape index (κ1) is 22.3. The zero-order valence-corrected chi connectivity index (χ0v) is 18.1. The average Bonchev–Trinajstić information content (AvgIpc) is 3.03. The van der Waals surface area contributed by atoms with E-state index in [4.69, 9.17) is 27.9 Å². The number of nitrogens with zero attached hydrogens (tertiary/aromatic N) is 4. The van der Waals surface area contributed by atoms with Gasteiger partial charge in [0.1, 0.15) is 5.82 Å². The molecule has 0 N–H and O–H groups in total. The first-order chi connectivity index (χ1) is 14.3. The minimum atomic E-state index is -2.93. The molecule has 2 aromatic carbocycles. The predicted molar refractivity (Wildman–Crippen MR) is 111 cm³/mol. The van der Waals surface area contributed by atoms with Gasteiger partial charge in [-0.05, 0) is 49.9 Å². The molecule has 0 radical (unpaired) electrons. The number of rotatable bonds is 8.